The second kappa shape index (κ2) is 4.04. The highest BCUT2D eigenvalue weighted by molar-refractivity contribution is 5.88. The molecular formula is C13H12F3N. The highest BCUT2D eigenvalue weighted by atomic mass is 19.2. The third-order valence-electron chi connectivity index (χ3n) is 2.91. The van der Waals surface area contributed by atoms with Crippen molar-refractivity contribution in [3.05, 3.63) is 46.3 Å². The fraction of sp³-hybridized carbons (Fsp3) is 0.231. The highest BCUT2D eigenvalue weighted by Gasteiger charge is 2.18. The van der Waals surface area contributed by atoms with Crippen molar-refractivity contribution in [2.45, 2.75) is 20.4 Å². The summed E-state index contributed by atoms with van der Waals surface area (Å²) < 4.78 is 41.0. The Balaban J connectivity index is 3.04. The average Bonchev–Trinajstić information content (AvgIpc) is 2.30. The minimum atomic E-state index is -1.14. The summed E-state index contributed by atoms with van der Waals surface area (Å²) in [6.45, 7) is 3.10. The molecule has 2 N–H and O–H groups in total. The summed E-state index contributed by atoms with van der Waals surface area (Å²) in [6, 6.07) is 2.99. The number of rotatable bonds is 1. The summed E-state index contributed by atoms with van der Waals surface area (Å²) >= 11 is 0. The van der Waals surface area contributed by atoms with E-state index in [9.17, 15) is 13.2 Å². The summed E-state index contributed by atoms with van der Waals surface area (Å²) in [7, 11) is 0. The van der Waals surface area contributed by atoms with Crippen LogP contribution < -0.4 is 5.73 Å². The van der Waals surface area contributed by atoms with Crippen LogP contribution in [0.1, 0.15) is 16.7 Å². The number of nitrogens with two attached hydrogens (primary N) is 1. The van der Waals surface area contributed by atoms with Crippen molar-refractivity contribution in [2.75, 3.05) is 0 Å². The zero-order valence-corrected chi connectivity index (χ0v) is 9.57. The normalized spacial score (nSPS) is 11.2. The number of hydrogen-bond donors (Lipinski definition) is 1. The Morgan fingerprint density at radius 1 is 0.941 bits per heavy atom. The van der Waals surface area contributed by atoms with Crippen LogP contribution in [0.25, 0.3) is 10.8 Å². The molecular weight excluding hydrogens is 227 g/mol. The first-order chi connectivity index (χ1) is 7.97. The zero-order valence-electron chi connectivity index (χ0n) is 9.57. The minimum Gasteiger partial charge on any atom is -0.326 e. The first kappa shape index (κ1) is 11.9. The van der Waals surface area contributed by atoms with Crippen molar-refractivity contribution < 1.29 is 13.2 Å². The Morgan fingerprint density at radius 3 is 2.12 bits per heavy atom. The summed E-state index contributed by atoms with van der Waals surface area (Å²) in [5, 5.41) is 0.0283. The zero-order chi connectivity index (χ0) is 12.7. The van der Waals surface area contributed by atoms with Gasteiger partial charge in [0.05, 0.1) is 5.39 Å². The van der Waals surface area contributed by atoms with E-state index in [0.29, 0.717) is 10.9 Å². The van der Waals surface area contributed by atoms with Crippen LogP contribution in [0, 0.1) is 31.3 Å². The second-order valence-corrected chi connectivity index (χ2v) is 4.11. The van der Waals surface area contributed by atoms with Crippen LogP contribution in [-0.2, 0) is 6.54 Å². The van der Waals surface area contributed by atoms with Crippen molar-refractivity contribution in [1.82, 2.24) is 0 Å². The van der Waals surface area contributed by atoms with Gasteiger partial charge in [-0.05, 0) is 42.0 Å². The molecule has 0 fully saturated rings. The lowest BCUT2D eigenvalue weighted by atomic mass is 9.98. The van der Waals surface area contributed by atoms with Gasteiger partial charge in [0, 0.05) is 6.54 Å². The number of fused-ring (bicyclic) bond motifs is 1. The Morgan fingerprint density at radius 2 is 1.53 bits per heavy atom. The molecule has 0 radical (unpaired) electrons. The van der Waals surface area contributed by atoms with Gasteiger partial charge >= 0.3 is 0 Å². The van der Waals surface area contributed by atoms with E-state index < -0.39 is 17.5 Å². The lowest BCUT2D eigenvalue weighted by molar-refractivity contribution is 0.506. The molecule has 0 heterocycles. The third kappa shape index (κ3) is 1.69. The molecule has 0 spiro atoms. The molecule has 2 aromatic rings. The molecule has 0 aliphatic rings. The molecule has 2 aromatic carbocycles. The van der Waals surface area contributed by atoms with Crippen LogP contribution in [0.3, 0.4) is 0 Å². The number of hydrogen-bond acceptors (Lipinski definition) is 1. The Bertz CT molecular complexity index is 606. The molecule has 4 heteroatoms. The molecule has 0 aliphatic heterocycles. The molecule has 0 amide bonds. The predicted molar refractivity (Wildman–Crippen MR) is 61.2 cm³/mol. The van der Waals surface area contributed by atoms with E-state index >= 15 is 0 Å². The molecule has 0 saturated carbocycles. The van der Waals surface area contributed by atoms with Crippen LogP contribution in [0.4, 0.5) is 13.2 Å². The van der Waals surface area contributed by atoms with Gasteiger partial charge in [-0.1, -0.05) is 6.07 Å². The Hall–Kier alpha value is -1.55. The molecule has 0 bridgehead atoms. The Kier molecular flexibility index (Phi) is 2.83. The van der Waals surface area contributed by atoms with E-state index in [1.807, 2.05) is 0 Å². The van der Waals surface area contributed by atoms with Crippen molar-refractivity contribution in [3.8, 4) is 0 Å². The maximum atomic E-state index is 13.8. The van der Waals surface area contributed by atoms with Crippen molar-refractivity contribution in [3.63, 3.8) is 0 Å². The highest BCUT2D eigenvalue weighted by Crippen LogP contribution is 2.30. The fourth-order valence-corrected chi connectivity index (χ4v) is 1.99. The minimum absolute atomic E-state index is 0.146. The van der Waals surface area contributed by atoms with Crippen molar-refractivity contribution in [1.29, 1.82) is 0 Å². The van der Waals surface area contributed by atoms with Gasteiger partial charge in [-0.15, -0.1) is 0 Å². The first-order valence-corrected chi connectivity index (χ1v) is 5.23. The molecule has 0 aliphatic carbocycles. The quantitative estimate of drug-likeness (QED) is 0.811. The largest absolute Gasteiger partial charge is 0.326 e. The molecule has 0 aromatic heterocycles. The summed E-state index contributed by atoms with van der Waals surface area (Å²) in [5.41, 5.74) is 6.56. The molecule has 2 rings (SSSR count). The lowest BCUT2D eigenvalue weighted by Crippen LogP contribution is -2.03. The van der Waals surface area contributed by atoms with Gasteiger partial charge in [0.1, 0.15) is 5.82 Å². The molecule has 0 atom stereocenters. The van der Waals surface area contributed by atoms with Crippen LogP contribution in [-0.4, -0.2) is 0 Å². The summed E-state index contributed by atoms with van der Waals surface area (Å²) in [4.78, 5) is 0. The van der Waals surface area contributed by atoms with E-state index in [2.05, 4.69) is 0 Å². The van der Waals surface area contributed by atoms with Crippen LogP contribution in [0.5, 0.6) is 0 Å². The van der Waals surface area contributed by atoms with Crippen LogP contribution >= 0.6 is 0 Å². The topological polar surface area (TPSA) is 26.0 Å². The van der Waals surface area contributed by atoms with E-state index in [-0.39, 0.29) is 23.1 Å². The SMILES string of the molecule is Cc1cc2c(CN)cc(C)c(F)c2c(F)c1F. The van der Waals surface area contributed by atoms with Crippen molar-refractivity contribution >= 4 is 10.8 Å². The average molecular weight is 239 g/mol. The maximum absolute atomic E-state index is 13.8. The van der Waals surface area contributed by atoms with E-state index in [1.165, 1.54) is 19.9 Å². The summed E-state index contributed by atoms with van der Waals surface area (Å²) in [6.07, 6.45) is 0. The summed E-state index contributed by atoms with van der Waals surface area (Å²) in [5.74, 6) is -2.88. The number of benzene rings is 2. The first-order valence-electron chi connectivity index (χ1n) is 5.23. The Labute approximate surface area is 97.0 Å². The van der Waals surface area contributed by atoms with Gasteiger partial charge in [-0.2, -0.15) is 0 Å². The van der Waals surface area contributed by atoms with E-state index in [4.69, 9.17) is 5.73 Å². The van der Waals surface area contributed by atoms with Crippen LogP contribution in [0.15, 0.2) is 12.1 Å². The standard InChI is InChI=1S/C13H12F3N/c1-6-3-8(5-17)9-4-7(2)12(15)13(16)10(9)11(6)14/h3-4H,5,17H2,1-2H3. The molecule has 17 heavy (non-hydrogen) atoms. The molecule has 1 nitrogen and oxygen atoms in total. The maximum Gasteiger partial charge on any atom is 0.169 e. The van der Waals surface area contributed by atoms with Gasteiger partial charge < -0.3 is 5.73 Å². The lowest BCUT2D eigenvalue weighted by Gasteiger charge is -2.11. The molecule has 0 saturated heterocycles. The van der Waals surface area contributed by atoms with Crippen molar-refractivity contribution in [2.24, 2.45) is 5.73 Å². The molecule has 0 unspecified atom stereocenters. The van der Waals surface area contributed by atoms with Gasteiger partial charge in [-0.25, -0.2) is 13.2 Å². The predicted octanol–water partition coefficient (Wildman–Crippen LogP) is 3.33. The monoisotopic (exact) mass is 239 g/mol. The van der Waals surface area contributed by atoms with E-state index in [0.717, 1.165) is 0 Å². The number of halogens is 3. The van der Waals surface area contributed by atoms with Gasteiger partial charge in [0.25, 0.3) is 0 Å². The molecule has 90 valence electrons. The third-order valence-corrected chi connectivity index (χ3v) is 2.91. The van der Waals surface area contributed by atoms with E-state index in [1.54, 1.807) is 6.07 Å². The fourth-order valence-electron chi connectivity index (χ4n) is 1.99. The van der Waals surface area contributed by atoms with Gasteiger partial charge in [0.2, 0.25) is 0 Å². The smallest absolute Gasteiger partial charge is 0.169 e. The van der Waals surface area contributed by atoms with Gasteiger partial charge in [0.15, 0.2) is 11.6 Å². The second-order valence-electron chi connectivity index (χ2n) is 4.11. The number of aryl methyl sites for hydroxylation is 2. The van der Waals surface area contributed by atoms with Crippen LogP contribution in [0.2, 0.25) is 0 Å². The van der Waals surface area contributed by atoms with Gasteiger partial charge in [-0.3, -0.25) is 0 Å².